The highest BCUT2D eigenvalue weighted by molar-refractivity contribution is 6.42. The first kappa shape index (κ1) is 18.1. The average Bonchev–Trinajstić information content (AvgIpc) is 2.95. The van der Waals surface area contributed by atoms with Crippen LogP contribution in [0.2, 0.25) is 15.1 Å². The molecule has 7 heteroatoms. The van der Waals surface area contributed by atoms with Crippen LogP contribution in [0, 0.1) is 12.8 Å². The van der Waals surface area contributed by atoms with E-state index < -0.39 is 5.92 Å². The Morgan fingerprint density at radius 1 is 1.12 bits per heavy atom. The molecule has 4 nitrogen and oxygen atoms in total. The van der Waals surface area contributed by atoms with Crippen LogP contribution in [0.1, 0.15) is 12.0 Å². The molecule has 130 valence electrons. The van der Waals surface area contributed by atoms with Crippen LogP contribution in [-0.2, 0) is 9.59 Å². The van der Waals surface area contributed by atoms with E-state index in [0.717, 1.165) is 11.3 Å². The summed E-state index contributed by atoms with van der Waals surface area (Å²) >= 11 is 18.0. The lowest BCUT2D eigenvalue weighted by Gasteiger charge is -2.19. The van der Waals surface area contributed by atoms with Crippen molar-refractivity contribution >= 4 is 58.0 Å². The van der Waals surface area contributed by atoms with Crippen LogP contribution < -0.4 is 10.2 Å². The minimum Gasteiger partial charge on any atom is -0.326 e. The van der Waals surface area contributed by atoms with Gasteiger partial charge in [0.2, 0.25) is 11.8 Å². The van der Waals surface area contributed by atoms with Gasteiger partial charge in [0.05, 0.1) is 16.0 Å². The highest BCUT2D eigenvalue weighted by Gasteiger charge is 2.35. The third-order valence-corrected chi connectivity index (χ3v) is 5.36. The van der Waals surface area contributed by atoms with Crippen LogP contribution in [0.3, 0.4) is 0 Å². The number of nitrogens with one attached hydrogen (secondary N) is 1. The van der Waals surface area contributed by atoms with Crippen molar-refractivity contribution in [1.82, 2.24) is 0 Å². The minimum absolute atomic E-state index is 0.0975. The van der Waals surface area contributed by atoms with Crippen molar-refractivity contribution < 1.29 is 9.59 Å². The van der Waals surface area contributed by atoms with Gasteiger partial charge < -0.3 is 10.2 Å². The molecule has 0 spiro atoms. The zero-order valence-electron chi connectivity index (χ0n) is 13.4. The lowest BCUT2D eigenvalue weighted by molar-refractivity contribution is -0.122. The first-order valence-electron chi connectivity index (χ1n) is 7.68. The van der Waals surface area contributed by atoms with Gasteiger partial charge >= 0.3 is 0 Å². The van der Waals surface area contributed by atoms with Gasteiger partial charge in [-0.1, -0.05) is 40.9 Å². The summed E-state index contributed by atoms with van der Waals surface area (Å²) in [6, 6.07) is 10.3. The first-order valence-corrected chi connectivity index (χ1v) is 8.81. The van der Waals surface area contributed by atoms with E-state index in [4.69, 9.17) is 34.8 Å². The minimum atomic E-state index is -0.444. The molecule has 1 aliphatic heterocycles. The molecule has 1 N–H and O–H groups in total. The first-order chi connectivity index (χ1) is 11.9. The molecule has 1 unspecified atom stereocenters. The van der Waals surface area contributed by atoms with Crippen LogP contribution in [0.4, 0.5) is 11.4 Å². The van der Waals surface area contributed by atoms with Crippen molar-refractivity contribution in [2.45, 2.75) is 13.3 Å². The summed E-state index contributed by atoms with van der Waals surface area (Å²) < 4.78 is 0. The number of carbonyl (C=O) groups is 2. The van der Waals surface area contributed by atoms with E-state index in [2.05, 4.69) is 5.32 Å². The van der Waals surface area contributed by atoms with E-state index in [1.165, 1.54) is 0 Å². The average molecular weight is 398 g/mol. The van der Waals surface area contributed by atoms with E-state index in [1.54, 1.807) is 35.2 Å². The molecular weight excluding hydrogens is 383 g/mol. The lowest BCUT2D eigenvalue weighted by Crippen LogP contribution is -2.28. The number of anilines is 2. The maximum atomic E-state index is 12.5. The van der Waals surface area contributed by atoms with Gasteiger partial charge in [-0.3, -0.25) is 9.59 Å². The number of amides is 2. The zero-order chi connectivity index (χ0) is 18.1. The summed E-state index contributed by atoms with van der Waals surface area (Å²) in [5.74, 6) is -0.770. The highest BCUT2D eigenvalue weighted by atomic mass is 35.5. The quantitative estimate of drug-likeness (QED) is 0.797. The van der Waals surface area contributed by atoms with Crippen molar-refractivity contribution in [2.24, 2.45) is 5.92 Å². The van der Waals surface area contributed by atoms with Crippen LogP contribution in [0.25, 0.3) is 0 Å². The van der Waals surface area contributed by atoms with Crippen LogP contribution in [-0.4, -0.2) is 18.4 Å². The van der Waals surface area contributed by atoms with Gasteiger partial charge in [0.15, 0.2) is 0 Å². The largest absolute Gasteiger partial charge is 0.326 e. The topological polar surface area (TPSA) is 49.4 Å². The summed E-state index contributed by atoms with van der Waals surface area (Å²) in [4.78, 5) is 26.5. The Morgan fingerprint density at radius 3 is 2.60 bits per heavy atom. The van der Waals surface area contributed by atoms with Gasteiger partial charge in [-0.15, -0.1) is 0 Å². The van der Waals surface area contributed by atoms with Crippen molar-refractivity contribution in [3.8, 4) is 0 Å². The summed E-state index contributed by atoms with van der Waals surface area (Å²) in [5.41, 5.74) is 2.11. The molecule has 0 aromatic heterocycles. The lowest BCUT2D eigenvalue weighted by atomic mass is 10.1. The Balaban J connectivity index is 1.74. The molecule has 1 aliphatic rings. The normalized spacial score (nSPS) is 17.0. The number of nitrogens with zero attached hydrogens (tertiary/aromatic N) is 1. The monoisotopic (exact) mass is 396 g/mol. The van der Waals surface area contributed by atoms with Crippen LogP contribution in [0.5, 0.6) is 0 Å². The maximum Gasteiger partial charge on any atom is 0.229 e. The predicted molar refractivity (Wildman–Crippen MR) is 102 cm³/mol. The molecule has 0 radical (unpaired) electrons. The molecule has 2 amide bonds. The molecule has 0 saturated carbocycles. The number of carbonyl (C=O) groups excluding carboxylic acids is 2. The van der Waals surface area contributed by atoms with Crippen molar-refractivity contribution in [1.29, 1.82) is 0 Å². The van der Waals surface area contributed by atoms with Crippen LogP contribution >= 0.6 is 34.8 Å². The standard InChI is InChI=1S/C18H15Cl3N2O2/c1-10-13(19)3-2-4-16(10)23-9-11(7-17(23)24)18(25)22-12-5-6-14(20)15(21)8-12/h2-6,8,11H,7,9H2,1H3,(H,22,25). The summed E-state index contributed by atoms with van der Waals surface area (Å²) in [7, 11) is 0. The fraction of sp³-hybridized carbons (Fsp3) is 0.222. The molecule has 1 fully saturated rings. The Kier molecular flexibility index (Phi) is 5.23. The second kappa shape index (κ2) is 7.24. The predicted octanol–water partition coefficient (Wildman–Crippen LogP) is 4.95. The second-order valence-electron chi connectivity index (χ2n) is 5.91. The van der Waals surface area contributed by atoms with E-state index in [0.29, 0.717) is 27.3 Å². The fourth-order valence-electron chi connectivity index (χ4n) is 2.82. The molecule has 0 bridgehead atoms. The summed E-state index contributed by atoms with van der Waals surface area (Å²) in [5, 5.41) is 4.15. The number of benzene rings is 2. The van der Waals surface area contributed by atoms with Gasteiger partial charge in [-0.2, -0.15) is 0 Å². The molecular formula is C18H15Cl3N2O2. The van der Waals surface area contributed by atoms with Gasteiger partial charge in [-0.05, 0) is 42.8 Å². The van der Waals surface area contributed by atoms with Gasteiger partial charge in [0.1, 0.15) is 0 Å². The SMILES string of the molecule is Cc1c(Cl)cccc1N1CC(C(=O)Nc2ccc(Cl)c(Cl)c2)CC1=O. The zero-order valence-corrected chi connectivity index (χ0v) is 15.6. The number of rotatable bonds is 3. The Bertz CT molecular complexity index is 854. The van der Waals surface area contributed by atoms with E-state index in [-0.39, 0.29) is 18.2 Å². The van der Waals surface area contributed by atoms with Crippen molar-refractivity contribution in [2.75, 3.05) is 16.8 Å². The van der Waals surface area contributed by atoms with Crippen molar-refractivity contribution in [3.63, 3.8) is 0 Å². The molecule has 1 saturated heterocycles. The van der Waals surface area contributed by atoms with E-state index >= 15 is 0 Å². The molecule has 25 heavy (non-hydrogen) atoms. The van der Waals surface area contributed by atoms with E-state index in [9.17, 15) is 9.59 Å². The number of hydrogen-bond acceptors (Lipinski definition) is 2. The molecule has 2 aromatic carbocycles. The Hall–Kier alpha value is -1.75. The number of hydrogen-bond donors (Lipinski definition) is 1. The molecule has 1 atom stereocenters. The van der Waals surface area contributed by atoms with Gasteiger partial charge in [-0.25, -0.2) is 0 Å². The van der Waals surface area contributed by atoms with Gasteiger partial charge in [0.25, 0.3) is 0 Å². The van der Waals surface area contributed by atoms with E-state index in [1.807, 2.05) is 13.0 Å². The molecule has 2 aromatic rings. The molecule has 3 rings (SSSR count). The molecule has 0 aliphatic carbocycles. The fourth-order valence-corrected chi connectivity index (χ4v) is 3.29. The number of halogens is 3. The third kappa shape index (κ3) is 3.76. The molecule has 1 heterocycles. The Labute approximate surface area is 160 Å². The van der Waals surface area contributed by atoms with Crippen LogP contribution in [0.15, 0.2) is 36.4 Å². The van der Waals surface area contributed by atoms with Gasteiger partial charge in [0, 0.05) is 29.4 Å². The Morgan fingerprint density at radius 2 is 1.88 bits per heavy atom. The summed E-state index contributed by atoms with van der Waals surface area (Å²) in [6.07, 6.45) is 0.152. The summed E-state index contributed by atoms with van der Waals surface area (Å²) in [6.45, 7) is 2.17. The second-order valence-corrected chi connectivity index (χ2v) is 7.13. The smallest absolute Gasteiger partial charge is 0.229 e. The highest BCUT2D eigenvalue weighted by Crippen LogP contribution is 2.32. The van der Waals surface area contributed by atoms with Crippen molar-refractivity contribution in [3.05, 3.63) is 57.0 Å². The third-order valence-electron chi connectivity index (χ3n) is 4.21. The maximum absolute atomic E-state index is 12.5.